The third kappa shape index (κ3) is 2.79. The van der Waals surface area contributed by atoms with Crippen LogP contribution in [-0.2, 0) is 0 Å². The van der Waals surface area contributed by atoms with Crippen molar-refractivity contribution in [3.05, 3.63) is 22.6 Å². The Hall–Kier alpha value is -0.960. The molecule has 0 saturated carbocycles. The standard InChI is InChI=1S/C12H18ClNO2/c1-5-10(13)6-14-12(15)11-7(2)8(3)16-9(11)4/h10H,5-6H2,1-4H3,(H,14,15). The monoisotopic (exact) mass is 243 g/mol. The molecular formula is C12H18ClNO2. The maximum absolute atomic E-state index is 11.9. The van der Waals surface area contributed by atoms with Gasteiger partial charge in [-0.3, -0.25) is 4.79 Å². The van der Waals surface area contributed by atoms with Gasteiger partial charge >= 0.3 is 0 Å². The summed E-state index contributed by atoms with van der Waals surface area (Å²) in [5, 5.41) is 2.80. The second-order valence-corrected chi connectivity index (χ2v) is 4.55. The van der Waals surface area contributed by atoms with E-state index in [0.29, 0.717) is 17.9 Å². The van der Waals surface area contributed by atoms with Crippen LogP contribution in [0.1, 0.15) is 40.8 Å². The van der Waals surface area contributed by atoms with Crippen molar-refractivity contribution >= 4 is 17.5 Å². The Bertz CT molecular complexity index is 385. The van der Waals surface area contributed by atoms with Crippen LogP contribution >= 0.6 is 11.6 Å². The van der Waals surface area contributed by atoms with Crippen LogP contribution in [0.3, 0.4) is 0 Å². The predicted molar refractivity (Wildman–Crippen MR) is 65.2 cm³/mol. The van der Waals surface area contributed by atoms with Crippen molar-refractivity contribution in [2.24, 2.45) is 0 Å². The molecule has 1 atom stereocenters. The highest BCUT2D eigenvalue weighted by Crippen LogP contribution is 2.20. The maximum atomic E-state index is 11.9. The lowest BCUT2D eigenvalue weighted by Crippen LogP contribution is -2.30. The van der Waals surface area contributed by atoms with Crippen LogP contribution in [0.15, 0.2) is 4.42 Å². The fourth-order valence-electron chi connectivity index (χ4n) is 1.56. The smallest absolute Gasteiger partial charge is 0.255 e. The van der Waals surface area contributed by atoms with Gasteiger partial charge < -0.3 is 9.73 Å². The third-order valence-electron chi connectivity index (χ3n) is 2.72. The Morgan fingerprint density at radius 1 is 1.38 bits per heavy atom. The van der Waals surface area contributed by atoms with Gasteiger partial charge in [0, 0.05) is 12.1 Å². The van der Waals surface area contributed by atoms with Crippen LogP contribution in [0.25, 0.3) is 0 Å². The van der Waals surface area contributed by atoms with Crippen molar-refractivity contribution in [2.75, 3.05) is 6.54 Å². The summed E-state index contributed by atoms with van der Waals surface area (Å²) >= 11 is 5.94. The SMILES string of the molecule is CCC(Cl)CNC(=O)c1c(C)oc(C)c1C. The van der Waals surface area contributed by atoms with Gasteiger partial charge in [-0.15, -0.1) is 11.6 Å². The summed E-state index contributed by atoms with van der Waals surface area (Å²) in [5.41, 5.74) is 1.54. The summed E-state index contributed by atoms with van der Waals surface area (Å²) < 4.78 is 5.41. The van der Waals surface area contributed by atoms with Crippen molar-refractivity contribution in [3.8, 4) is 0 Å². The molecule has 90 valence electrons. The molecule has 1 heterocycles. The van der Waals surface area contributed by atoms with Gasteiger partial charge in [0.05, 0.1) is 10.9 Å². The summed E-state index contributed by atoms with van der Waals surface area (Å²) in [5.74, 6) is 1.35. The zero-order chi connectivity index (χ0) is 12.3. The molecule has 0 aliphatic rings. The fraction of sp³-hybridized carbons (Fsp3) is 0.583. The Kier molecular flexibility index (Phi) is 4.42. The van der Waals surface area contributed by atoms with Crippen molar-refractivity contribution in [3.63, 3.8) is 0 Å². The van der Waals surface area contributed by atoms with E-state index < -0.39 is 0 Å². The van der Waals surface area contributed by atoms with Crippen LogP contribution in [0.2, 0.25) is 0 Å². The van der Waals surface area contributed by atoms with Crippen molar-refractivity contribution in [1.29, 1.82) is 0 Å². The molecule has 0 aliphatic carbocycles. The lowest BCUT2D eigenvalue weighted by molar-refractivity contribution is 0.0951. The van der Waals surface area contributed by atoms with E-state index in [1.807, 2.05) is 20.8 Å². The minimum absolute atomic E-state index is 0.0161. The minimum atomic E-state index is -0.106. The predicted octanol–water partition coefficient (Wildman–Crippen LogP) is 2.95. The van der Waals surface area contributed by atoms with Gasteiger partial charge in [0.15, 0.2) is 0 Å². The number of alkyl halides is 1. The molecule has 16 heavy (non-hydrogen) atoms. The lowest BCUT2D eigenvalue weighted by atomic mass is 10.1. The Morgan fingerprint density at radius 2 is 2.00 bits per heavy atom. The van der Waals surface area contributed by atoms with E-state index in [2.05, 4.69) is 5.32 Å². The molecule has 1 amide bonds. The molecule has 0 aromatic carbocycles. The first kappa shape index (κ1) is 13.1. The minimum Gasteiger partial charge on any atom is -0.466 e. The zero-order valence-electron chi connectivity index (χ0n) is 10.2. The fourth-order valence-corrected chi connectivity index (χ4v) is 1.64. The van der Waals surface area contributed by atoms with E-state index in [1.54, 1.807) is 6.92 Å². The number of carbonyl (C=O) groups is 1. The lowest BCUT2D eigenvalue weighted by Gasteiger charge is -2.08. The van der Waals surface area contributed by atoms with Crippen molar-refractivity contribution in [2.45, 2.75) is 39.5 Å². The number of hydrogen-bond donors (Lipinski definition) is 1. The van der Waals surface area contributed by atoms with Gasteiger partial charge in [0.25, 0.3) is 5.91 Å². The first-order valence-corrected chi connectivity index (χ1v) is 5.89. The highest BCUT2D eigenvalue weighted by atomic mass is 35.5. The van der Waals surface area contributed by atoms with Gasteiger partial charge in [-0.25, -0.2) is 0 Å². The number of carbonyl (C=O) groups excluding carboxylic acids is 1. The van der Waals surface area contributed by atoms with E-state index in [-0.39, 0.29) is 11.3 Å². The van der Waals surface area contributed by atoms with Gasteiger partial charge in [0.1, 0.15) is 11.5 Å². The molecule has 0 bridgehead atoms. The molecule has 0 aliphatic heterocycles. The van der Waals surface area contributed by atoms with Gasteiger partial charge in [-0.05, 0) is 27.2 Å². The Balaban J connectivity index is 2.73. The van der Waals surface area contributed by atoms with Crippen LogP contribution in [0.5, 0.6) is 0 Å². The first-order chi connectivity index (χ1) is 7.47. The van der Waals surface area contributed by atoms with E-state index in [9.17, 15) is 4.79 Å². The van der Waals surface area contributed by atoms with Crippen molar-refractivity contribution in [1.82, 2.24) is 5.32 Å². The summed E-state index contributed by atoms with van der Waals surface area (Å²) in [6.07, 6.45) is 0.838. The molecule has 1 aromatic heterocycles. The zero-order valence-corrected chi connectivity index (χ0v) is 10.9. The molecule has 0 saturated heterocycles. The number of halogens is 1. The number of amides is 1. The van der Waals surface area contributed by atoms with E-state index in [4.69, 9.17) is 16.0 Å². The third-order valence-corrected chi connectivity index (χ3v) is 3.18. The molecular weight excluding hydrogens is 226 g/mol. The largest absolute Gasteiger partial charge is 0.466 e. The number of furan rings is 1. The molecule has 1 unspecified atom stereocenters. The highest BCUT2D eigenvalue weighted by Gasteiger charge is 2.18. The molecule has 0 spiro atoms. The quantitative estimate of drug-likeness (QED) is 0.827. The average Bonchev–Trinajstić information content (AvgIpc) is 2.49. The number of nitrogens with one attached hydrogen (secondary N) is 1. The van der Waals surface area contributed by atoms with Crippen LogP contribution in [0.4, 0.5) is 0 Å². The summed E-state index contributed by atoms with van der Waals surface area (Å²) in [4.78, 5) is 11.9. The van der Waals surface area contributed by atoms with Gasteiger partial charge in [-0.1, -0.05) is 6.92 Å². The molecule has 1 N–H and O–H groups in total. The normalized spacial score (nSPS) is 12.6. The van der Waals surface area contributed by atoms with Crippen LogP contribution in [-0.4, -0.2) is 17.8 Å². The van der Waals surface area contributed by atoms with E-state index >= 15 is 0 Å². The van der Waals surface area contributed by atoms with Crippen molar-refractivity contribution < 1.29 is 9.21 Å². The van der Waals surface area contributed by atoms with Gasteiger partial charge in [-0.2, -0.15) is 0 Å². The molecule has 0 fully saturated rings. The number of hydrogen-bond acceptors (Lipinski definition) is 2. The number of rotatable bonds is 4. The summed E-state index contributed by atoms with van der Waals surface area (Å²) in [6.45, 7) is 8.02. The molecule has 4 heteroatoms. The molecule has 1 rings (SSSR count). The Labute approximate surface area is 101 Å². The first-order valence-electron chi connectivity index (χ1n) is 5.46. The Morgan fingerprint density at radius 3 is 2.44 bits per heavy atom. The molecule has 3 nitrogen and oxygen atoms in total. The summed E-state index contributed by atoms with van der Waals surface area (Å²) in [7, 11) is 0. The second kappa shape index (κ2) is 5.39. The van der Waals surface area contributed by atoms with E-state index in [0.717, 1.165) is 17.7 Å². The highest BCUT2D eigenvalue weighted by molar-refractivity contribution is 6.20. The summed E-state index contributed by atoms with van der Waals surface area (Å²) in [6, 6.07) is 0. The average molecular weight is 244 g/mol. The second-order valence-electron chi connectivity index (χ2n) is 3.93. The van der Waals surface area contributed by atoms with Gasteiger partial charge in [0.2, 0.25) is 0 Å². The van der Waals surface area contributed by atoms with Crippen LogP contribution < -0.4 is 5.32 Å². The molecule has 0 radical (unpaired) electrons. The maximum Gasteiger partial charge on any atom is 0.255 e. The van der Waals surface area contributed by atoms with Crippen LogP contribution in [0, 0.1) is 20.8 Å². The number of aryl methyl sites for hydroxylation is 2. The van der Waals surface area contributed by atoms with E-state index in [1.165, 1.54) is 0 Å². The topological polar surface area (TPSA) is 42.2 Å². The molecule has 1 aromatic rings.